The lowest BCUT2D eigenvalue weighted by Crippen LogP contribution is -2.57. The van der Waals surface area contributed by atoms with Crippen molar-refractivity contribution in [3.8, 4) is 0 Å². The molecule has 0 aliphatic rings. The summed E-state index contributed by atoms with van der Waals surface area (Å²) in [6.45, 7) is 0.226. The smallest absolute Gasteiger partial charge is 0.326 e. The van der Waals surface area contributed by atoms with Gasteiger partial charge in [0.1, 0.15) is 18.1 Å². The fraction of sp³-hybridized carbons (Fsp3) is 0.522. The lowest BCUT2D eigenvalue weighted by atomic mass is 10.0. The molecule has 1 rings (SSSR count). The number of aliphatic carboxylic acids is 1. The number of aliphatic imine (C=N–C) groups is 1. The van der Waals surface area contributed by atoms with Gasteiger partial charge >= 0.3 is 5.97 Å². The minimum absolute atomic E-state index is 0.0887. The molecule has 4 atom stereocenters. The van der Waals surface area contributed by atoms with Crippen LogP contribution in [0.15, 0.2) is 35.3 Å². The molecule has 3 amide bonds. The average Bonchev–Trinajstić information content (AvgIpc) is 2.86. The van der Waals surface area contributed by atoms with Crippen LogP contribution in [0, 0.1) is 0 Å². The van der Waals surface area contributed by atoms with E-state index in [0.29, 0.717) is 12.2 Å². The zero-order valence-corrected chi connectivity index (χ0v) is 22.5. The molecule has 0 saturated heterocycles. The number of hydrogen-bond donors (Lipinski definition) is 8. The van der Waals surface area contributed by atoms with Crippen molar-refractivity contribution in [3.05, 3.63) is 35.9 Å². The second-order valence-electron chi connectivity index (χ2n) is 8.23. The van der Waals surface area contributed by atoms with E-state index in [0.717, 1.165) is 5.56 Å². The maximum Gasteiger partial charge on any atom is 0.326 e. The molecular weight excluding hydrogens is 518 g/mol. The van der Waals surface area contributed by atoms with Gasteiger partial charge in [0.25, 0.3) is 0 Å². The summed E-state index contributed by atoms with van der Waals surface area (Å²) in [5.41, 5.74) is 17.6. The monoisotopic (exact) mass is 555 g/mol. The second-order valence-corrected chi connectivity index (χ2v) is 9.58. The van der Waals surface area contributed by atoms with Crippen LogP contribution in [0.1, 0.15) is 24.8 Å². The Hall–Kier alpha value is -2.97. The molecule has 0 radical (unpaired) electrons. The molecule has 14 heteroatoms. The standard InChI is InChI=1S/C23H37N7O5S2/c1-37-11-9-17(22(34)35)29-21(33)18(13-36)30-20(32)16(8-5-10-27-23(25)26)28-19(31)15(24)12-14-6-3-2-4-7-14/h2-4,6-7,15-18,36H,5,8-13,24H2,1H3,(H,28,31)(H,29,33)(H,30,32)(H,34,35)(H4,25,26,27). The van der Waals surface area contributed by atoms with Crippen LogP contribution >= 0.6 is 24.4 Å². The Balaban J connectivity index is 2.89. The highest BCUT2D eigenvalue weighted by Crippen LogP contribution is 2.06. The summed E-state index contributed by atoms with van der Waals surface area (Å²) >= 11 is 5.58. The van der Waals surface area contributed by atoms with Crippen LogP contribution in [0.3, 0.4) is 0 Å². The highest BCUT2D eigenvalue weighted by atomic mass is 32.2. The Morgan fingerprint density at radius 2 is 1.57 bits per heavy atom. The van der Waals surface area contributed by atoms with Gasteiger partial charge in [-0.1, -0.05) is 30.3 Å². The Kier molecular flexibility index (Phi) is 15.1. The van der Waals surface area contributed by atoms with Gasteiger partial charge in [-0.05, 0) is 43.3 Å². The van der Waals surface area contributed by atoms with Crippen LogP contribution in [0.4, 0.5) is 0 Å². The van der Waals surface area contributed by atoms with E-state index in [1.807, 2.05) is 36.6 Å². The van der Waals surface area contributed by atoms with Crippen molar-refractivity contribution < 1.29 is 24.3 Å². The number of amides is 3. The van der Waals surface area contributed by atoms with Crippen LogP contribution < -0.4 is 33.2 Å². The van der Waals surface area contributed by atoms with Crippen molar-refractivity contribution >= 4 is 54.0 Å². The van der Waals surface area contributed by atoms with Gasteiger partial charge in [0.2, 0.25) is 17.7 Å². The van der Waals surface area contributed by atoms with Crippen LogP contribution in [0.5, 0.6) is 0 Å². The lowest BCUT2D eigenvalue weighted by molar-refractivity contribution is -0.142. The highest BCUT2D eigenvalue weighted by Gasteiger charge is 2.29. The molecule has 0 saturated carbocycles. The van der Waals surface area contributed by atoms with Gasteiger partial charge in [-0.25, -0.2) is 4.79 Å². The van der Waals surface area contributed by atoms with E-state index in [1.54, 1.807) is 0 Å². The predicted molar refractivity (Wildman–Crippen MR) is 148 cm³/mol. The van der Waals surface area contributed by atoms with Gasteiger partial charge in [-0.2, -0.15) is 24.4 Å². The second kappa shape index (κ2) is 17.5. The van der Waals surface area contributed by atoms with Crippen molar-refractivity contribution in [2.45, 2.75) is 49.9 Å². The molecule has 0 aliphatic heterocycles. The van der Waals surface area contributed by atoms with Crippen molar-refractivity contribution in [1.82, 2.24) is 16.0 Å². The van der Waals surface area contributed by atoms with Crippen LogP contribution in [-0.4, -0.2) is 83.2 Å². The first-order chi connectivity index (χ1) is 17.6. The Bertz CT molecular complexity index is 916. The molecule has 4 unspecified atom stereocenters. The van der Waals surface area contributed by atoms with Crippen molar-refractivity contribution in [3.63, 3.8) is 0 Å². The fourth-order valence-electron chi connectivity index (χ4n) is 3.24. The number of rotatable bonds is 17. The molecule has 1 aromatic carbocycles. The lowest BCUT2D eigenvalue weighted by Gasteiger charge is -2.24. The topological polar surface area (TPSA) is 215 Å². The van der Waals surface area contributed by atoms with Crippen LogP contribution in [0.2, 0.25) is 0 Å². The van der Waals surface area contributed by atoms with E-state index >= 15 is 0 Å². The molecule has 0 spiro atoms. The third kappa shape index (κ3) is 12.7. The Morgan fingerprint density at radius 1 is 0.973 bits per heavy atom. The molecule has 206 valence electrons. The molecule has 0 aliphatic carbocycles. The van der Waals surface area contributed by atoms with E-state index in [2.05, 4.69) is 33.6 Å². The summed E-state index contributed by atoms with van der Waals surface area (Å²) in [7, 11) is 0. The molecule has 12 nitrogen and oxygen atoms in total. The number of thioether (sulfide) groups is 1. The summed E-state index contributed by atoms with van der Waals surface area (Å²) in [5, 5.41) is 17.0. The predicted octanol–water partition coefficient (Wildman–Crippen LogP) is -1.17. The van der Waals surface area contributed by atoms with Crippen LogP contribution in [-0.2, 0) is 25.6 Å². The van der Waals surface area contributed by atoms with Crippen molar-refractivity contribution in [2.75, 3.05) is 24.3 Å². The number of nitrogens with two attached hydrogens (primary N) is 3. The van der Waals surface area contributed by atoms with Crippen LogP contribution in [0.25, 0.3) is 0 Å². The minimum Gasteiger partial charge on any atom is -0.480 e. The Labute approximate surface area is 226 Å². The molecule has 1 aromatic rings. The Morgan fingerprint density at radius 3 is 2.14 bits per heavy atom. The fourth-order valence-corrected chi connectivity index (χ4v) is 3.97. The molecular formula is C23H37N7O5S2. The van der Waals surface area contributed by atoms with Gasteiger partial charge in [0.05, 0.1) is 6.04 Å². The number of guanidine groups is 1. The molecule has 10 N–H and O–H groups in total. The van der Waals surface area contributed by atoms with Gasteiger partial charge in [-0.15, -0.1) is 0 Å². The number of nitrogens with zero attached hydrogens (tertiary/aromatic N) is 1. The number of carbonyl (C=O) groups excluding carboxylic acids is 3. The first-order valence-electron chi connectivity index (χ1n) is 11.7. The summed E-state index contributed by atoms with van der Waals surface area (Å²) in [4.78, 5) is 53.9. The maximum atomic E-state index is 13.1. The summed E-state index contributed by atoms with van der Waals surface area (Å²) in [6, 6.07) is 5.02. The number of thiol groups is 1. The zero-order valence-electron chi connectivity index (χ0n) is 20.8. The number of carboxylic acids is 1. The van der Waals surface area contributed by atoms with E-state index in [-0.39, 0.29) is 37.5 Å². The first-order valence-corrected chi connectivity index (χ1v) is 13.7. The SMILES string of the molecule is CSCCC(NC(=O)C(CS)NC(=O)C(CCCN=C(N)N)NC(=O)C(N)Cc1ccccc1)C(=O)O. The largest absolute Gasteiger partial charge is 0.480 e. The normalized spacial score (nSPS) is 13.9. The summed E-state index contributed by atoms with van der Waals surface area (Å²) < 4.78 is 0. The van der Waals surface area contributed by atoms with E-state index in [1.165, 1.54) is 11.8 Å². The third-order valence-electron chi connectivity index (χ3n) is 5.25. The summed E-state index contributed by atoms with van der Waals surface area (Å²) in [5.74, 6) is -2.71. The molecule has 0 fully saturated rings. The molecule has 0 heterocycles. The van der Waals surface area contributed by atoms with Gasteiger partial charge in [-0.3, -0.25) is 19.4 Å². The van der Waals surface area contributed by atoms with Crippen molar-refractivity contribution in [1.29, 1.82) is 0 Å². The zero-order chi connectivity index (χ0) is 27.8. The highest BCUT2D eigenvalue weighted by molar-refractivity contribution is 7.98. The van der Waals surface area contributed by atoms with E-state index in [9.17, 15) is 24.3 Å². The minimum atomic E-state index is -1.18. The summed E-state index contributed by atoms with van der Waals surface area (Å²) in [6.07, 6.45) is 2.84. The molecule has 0 aromatic heterocycles. The van der Waals surface area contributed by atoms with Crippen molar-refractivity contribution in [2.24, 2.45) is 22.2 Å². The number of nitrogens with one attached hydrogen (secondary N) is 3. The first kappa shape index (κ1) is 32.1. The molecule has 37 heavy (non-hydrogen) atoms. The number of hydrogen-bond acceptors (Lipinski definition) is 8. The maximum absolute atomic E-state index is 13.1. The van der Waals surface area contributed by atoms with Gasteiger partial charge in [0, 0.05) is 12.3 Å². The quantitative estimate of drug-likeness (QED) is 0.0502. The van der Waals surface area contributed by atoms with Gasteiger partial charge in [0.15, 0.2) is 5.96 Å². The average molecular weight is 556 g/mol. The number of carboxylic acid groups (broad SMARTS) is 1. The number of carbonyl (C=O) groups is 4. The molecule has 0 bridgehead atoms. The third-order valence-corrected chi connectivity index (χ3v) is 6.26. The van der Waals surface area contributed by atoms with E-state index < -0.39 is 47.9 Å². The van der Waals surface area contributed by atoms with E-state index in [4.69, 9.17) is 17.2 Å². The number of benzene rings is 1. The van der Waals surface area contributed by atoms with Gasteiger partial charge < -0.3 is 38.3 Å².